The Hall–Kier alpha value is -0.950. The number of nitrogens with one attached hydrogen (secondary N) is 1. The standard InChI is InChI=1S/C15H28N2O4/c1-10(2)20-7-6-19-9-14(18)8-16-11(3)15-12(4)17-21-13(15)5/h10-11,14,16,18H,6-9H2,1-5H3. The van der Waals surface area contributed by atoms with Crippen LogP contribution >= 0.6 is 0 Å². The fraction of sp³-hybridized carbons (Fsp3) is 0.800. The van der Waals surface area contributed by atoms with Crippen molar-refractivity contribution in [2.24, 2.45) is 0 Å². The summed E-state index contributed by atoms with van der Waals surface area (Å²) in [7, 11) is 0. The Bertz CT molecular complexity index is 387. The van der Waals surface area contributed by atoms with Gasteiger partial charge in [0.1, 0.15) is 5.76 Å². The van der Waals surface area contributed by atoms with Crippen LogP contribution in [-0.4, -0.2) is 48.8 Å². The molecular formula is C15H28N2O4. The van der Waals surface area contributed by atoms with E-state index in [9.17, 15) is 5.11 Å². The van der Waals surface area contributed by atoms with E-state index in [1.165, 1.54) is 0 Å². The second kappa shape index (κ2) is 9.15. The van der Waals surface area contributed by atoms with Gasteiger partial charge in [-0.15, -0.1) is 0 Å². The number of ether oxygens (including phenoxy) is 2. The van der Waals surface area contributed by atoms with Gasteiger partial charge in [-0.3, -0.25) is 0 Å². The third kappa shape index (κ3) is 6.56. The maximum atomic E-state index is 9.88. The molecule has 122 valence electrons. The lowest BCUT2D eigenvalue weighted by Crippen LogP contribution is -2.32. The SMILES string of the molecule is Cc1noc(C)c1C(C)NCC(O)COCCOC(C)C. The van der Waals surface area contributed by atoms with E-state index in [1.807, 2.05) is 34.6 Å². The molecule has 0 fully saturated rings. The Balaban J connectivity index is 2.19. The van der Waals surface area contributed by atoms with E-state index in [-0.39, 0.29) is 12.1 Å². The van der Waals surface area contributed by atoms with Crippen molar-refractivity contribution in [2.75, 3.05) is 26.4 Å². The average molecular weight is 300 g/mol. The molecule has 1 heterocycles. The molecule has 0 saturated carbocycles. The Morgan fingerprint density at radius 1 is 1.24 bits per heavy atom. The number of aryl methyl sites for hydroxylation is 2. The van der Waals surface area contributed by atoms with Crippen molar-refractivity contribution in [3.05, 3.63) is 17.0 Å². The number of nitrogens with zero attached hydrogens (tertiary/aromatic N) is 1. The van der Waals surface area contributed by atoms with Gasteiger partial charge in [-0.2, -0.15) is 0 Å². The van der Waals surface area contributed by atoms with E-state index in [2.05, 4.69) is 10.5 Å². The number of hydrogen-bond donors (Lipinski definition) is 2. The van der Waals surface area contributed by atoms with Crippen LogP contribution in [0.4, 0.5) is 0 Å². The molecule has 21 heavy (non-hydrogen) atoms. The number of hydrogen-bond acceptors (Lipinski definition) is 6. The molecule has 0 amide bonds. The lowest BCUT2D eigenvalue weighted by molar-refractivity contribution is -0.0104. The molecule has 0 aliphatic rings. The molecule has 0 aliphatic carbocycles. The van der Waals surface area contributed by atoms with Gasteiger partial charge in [0.05, 0.1) is 37.7 Å². The van der Waals surface area contributed by atoms with Gasteiger partial charge in [0.15, 0.2) is 0 Å². The summed E-state index contributed by atoms with van der Waals surface area (Å²) in [5.74, 6) is 0.809. The number of aromatic nitrogens is 1. The Morgan fingerprint density at radius 2 is 1.95 bits per heavy atom. The van der Waals surface area contributed by atoms with E-state index in [4.69, 9.17) is 14.0 Å². The van der Waals surface area contributed by atoms with E-state index in [0.29, 0.717) is 26.4 Å². The molecule has 0 bridgehead atoms. The summed E-state index contributed by atoms with van der Waals surface area (Å²) >= 11 is 0. The molecule has 1 aromatic rings. The third-order valence-electron chi connectivity index (χ3n) is 3.17. The van der Waals surface area contributed by atoms with E-state index < -0.39 is 6.10 Å². The van der Waals surface area contributed by atoms with Gasteiger partial charge in [0, 0.05) is 18.2 Å². The molecule has 0 aliphatic heterocycles. The zero-order valence-electron chi connectivity index (χ0n) is 13.7. The van der Waals surface area contributed by atoms with Gasteiger partial charge < -0.3 is 24.4 Å². The van der Waals surface area contributed by atoms with Gasteiger partial charge in [-0.1, -0.05) is 5.16 Å². The number of rotatable bonds is 10. The Labute approximate surface area is 126 Å². The first-order valence-corrected chi connectivity index (χ1v) is 7.45. The molecule has 1 aromatic heterocycles. The van der Waals surface area contributed by atoms with E-state index in [0.717, 1.165) is 17.0 Å². The molecule has 0 radical (unpaired) electrons. The zero-order valence-corrected chi connectivity index (χ0v) is 13.7. The fourth-order valence-corrected chi connectivity index (χ4v) is 2.14. The predicted octanol–water partition coefficient (Wildman–Crippen LogP) is 1.74. The minimum absolute atomic E-state index is 0.0789. The summed E-state index contributed by atoms with van der Waals surface area (Å²) in [6.45, 7) is 11.6. The fourth-order valence-electron chi connectivity index (χ4n) is 2.14. The molecular weight excluding hydrogens is 272 g/mol. The molecule has 2 unspecified atom stereocenters. The van der Waals surface area contributed by atoms with Gasteiger partial charge >= 0.3 is 0 Å². The topological polar surface area (TPSA) is 76.8 Å². The largest absolute Gasteiger partial charge is 0.389 e. The van der Waals surface area contributed by atoms with Crippen LogP contribution in [0.5, 0.6) is 0 Å². The molecule has 0 saturated heterocycles. The first kappa shape index (κ1) is 18.1. The highest BCUT2D eigenvalue weighted by Gasteiger charge is 2.17. The van der Waals surface area contributed by atoms with Crippen LogP contribution in [0.3, 0.4) is 0 Å². The predicted molar refractivity (Wildman–Crippen MR) is 80.3 cm³/mol. The second-order valence-electron chi connectivity index (χ2n) is 5.52. The lowest BCUT2D eigenvalue weighted by atomic mass is 10.1. The maximum Gasteiger partial charge on any atom is 0.138 e. The smallest absolute Gasteiger partial charge is 0.138 e. The van der Waals surface area contributed by atoms with Crippen LogP contribution in [0.1, 0.15) is 43.8 Å². The minimum Gasteiger partial charge on any atom is -0.389 e. The molecule has 1 rings (SSSR count). The minimum atomic E-state index is -0.549. The Morgan fingerprint density at radius 3 is 2.52 bits per heavy atom. The summed E-state index contributed by atoms with van der Waals surface area (Å²) in [6.07, 6.45) is -0.344. The summed E-state index contributed by atoms with van der Waals surface area (Å²) in [5.41, 5.74) is 1.93. The van der Waals surface area contributed by atoms with Crippen molar-refractivity contribution in [3.63, 3.8) is 0 Å². The summed E-state index contributed by atoms with van der Waals surface area (Å²) < 4.78 is 15.9. The molecule has 6 nitrogen and oxygen atoms in total. The highest BCUT2D eigenvalue weighted by molar-refractivity contribution is 5.24. The molecule has 2 N–H and O–H groups in total. The molecule has 2 atom stereocenters. The molecule has 0 spiro atoms. The summed E-state index contributed by atoms with van der Waals surface area (Å²) in [5, 5.41) is 17.1. The first-order valence-electron chi connectivity index (χ1n) is 7.45. The average Bonchev–Trinajstić information content (AvgIpc) is 2.75. The molecule has 6 heteroatoms. The van der Waals surface area contributed by atoms with Crippen LogP contribution in [0.15, 0.2) is 4.52 Å². The van der Waals surface area contributed by atoms with Crippen molar-refractivity contribution in [2.45, 2.75) is 52.9 Å². The summed E-state index contributed by atoms with van der Waals surface area (Å²) in [4.78, 5) is 0. The lowest BCUT2D eigenvalue weighted by Gasteiger charge is -2.17. The van der Waals surface area contributed by atoms with Gasteiger partial charge in [0.25, 0.3) is 0 Å². The monoisotopic (exact) mass is 300 g/mol. The summed E-state index contributed by atoms with van der Waals surface area (Å²) in [6, 6.07) is 0.0789. The van der Waals surface area contributed by atoms with E-state index in [1.54, 1.807) is 0 Å². The number of aliphatic hydroxyl groups excluding tert-OH is 1. The molecule has 0 aromatic carbocycles. The maximum absolute atomic E-state index is 9.88. The third-order valence-corrected chi connectivity index (χ3v) is 3.17. The Kier molecular flexibility index (Phi) is 7.88. The van der Waals surface area contributed by atoms with Crippen molar-refractivity contribution < 1.29 is 19.1 Å². The first-order chi connectivity index (χ1) is 9.91. The van der Waals surface area contributed by atoms with Crippen LogP contribution in [-0.2, 0) is 9.47 Å². The van der Waals surface area contributed by atoms with Gasteiger partial charge in [-0.05, 0) is 34.6 Å². The van der Waals surface area contributed by atoms with E-state index >= 15 is 0 Å². The van der Waals surface area contributed by atoms with Crippen molar-refractivity contribution in [1.29, 1.82) is 0 Å². The van der Waals surface area contributed by atoms with Crippen molar-refractivity contribution in [1.82, 2.24) is 10.5 Å². The van der Waals surface area contributed by atoms with Crippen molar-refractivity contribution >= 4 is 0 Å². The van der Waals surface area contributed by atoms with Crippen molar-refractivity contribution in [3.8, 4) is 0 Å². The van der Waals surface area contributed by atoms with Gasteiger partial charge in [-0.25, -0.2) is 0 Å². The zero-order chi connectivity index (χ0) is 15.8. The highest BCUT2D eigenvalue weighted by Crippen LogP contribution is 2.20. The van der Waals surface area contributed by atoms with Gasteiger partial charge in [0.2, 0.25) is 0 Å². The number of aliphatic hydroxyl groups is 1. The highest BCUT2D eigenvalue weighted by atomic mass is 16.5. The second-order valence-corrected chi connectivity index (χ2v) is 5.52. The van der Waals surface area contributed by atoms with Crippen LogP contribution in [0.2, 0.25) is 0 Å². The normalized spacial score (nSPS) is 14.6. The van der Waals surface area contributed by atoms with Crippen LogP contribution < -0.4 is 5.32 Å². The quantitative estimate of drug-likeness (QED) is 0.641. The van der Waals surface area contributed by atoms with Crippen LogP contribution in [0.25, 0.3) is 0 Å². The van der Waals surface area contributed by atoms with Crippen LogP contribution in [0, 0.1) is 13.8 Å².